The van der Waals surface area contributed by atoms with Crippen molar-refractivity contribution in [3.05, 3.63) is 28.6 Å². The van der Waals surface area contributed by atoms with Gasteiger partial charge in [-0.05, 0) is 34.1 Å². The molecule has 0 aliphatic rings. The quantitative estimate of drug-likeness (QED) is 0.444. The molecule has 7 nitrogen and oxygen atoms in total. The molecule has 0 unspecified atom stereocenters. The predicted octanol–water partition coefficient (Wildman–Crippen LogP) is 2.72. The van der Waals surface area contributed by atoms with Gasteiger partial charge < -0.3 is 9.52 Å². The van der Waals surface area contributed by atoms with Crippen molar-refractivity contribution in [3.8, 4) is 0 Å². The van der Waals surface area contributed by atoms with Crippen LogP contribution in [0.25, 0.3) is 6.08 Å². The molecular formula is C11H8BrN3O4S2. The molecule has 21 heavy (non-hydrogen) atoms. The van der Waals surface area contributed by atoms with E-state index in [9.17, 15) is 9.59 Å². The summed E-state index contributed by atoms with van der Waals surface area (Å²) in [5.74, 6) is -0.885. The summed E-state index contributed by atoms with van der Waals surface area (Å²) in [7, 11) is 0. The van der Waals surface area contributed by atoms with Crippen molar-refractivity contribution < 1.29 is 19.1 Å². The van der Waals surface area contributed by atoms with Crippen LogP contribution in [0.5, 0.6) is 0 Å². The van der Waals surface area contributed by atoms with E-state index in [0.29, 0.717) is 19.9 Å². The summed E-state index contributed by atoms with van der Waals surface area (Å²) in [6, 6.07) is 3.42. The van der Waals surface area contributed by atoms with Crippen LogP contribution >= 0.6 is 39.0 Å². The number of furan rings is 1. The molecule has 0 saturated carbocycles. The van der Waals surface area contributed by atoms with Gasteiger partial charge in [-0.2, -0.15) is 0 Å². The molecule has 0 atom stereocenters. The molecule has 1 amide bonds. The molecule has 2 aromatic heterocycles. The van der Waals surface area contributed by atoms with Crippen LogP contribution in [0.3, 0.4) is 0 Å². The first-order chi connectivity index (χ1) is 10.0. The number of nitrogens with one attached hydrogen (secondary N) is 1. The first kappa shape index (κ1) is 15.7. The van der Waals surface area contributed by atoms with E-state index >= 15 is 0 Å². The number of hydrogen-bond donors (Lipinski definition) is 2. The van der Waals surface area contributed by atoms with Crippen molar-refractivity contribution in [2.24, 2.45) is 0 Å². The Morgan fingerprint density at radius 2 is 2.29 bits per heavy atom. The predicted molar refractivity (Wildman–Crippen MR) is 82.3 cm³/mol. The van der Waals surface area contributed by atoms with Crippen molar-refractivity contribution in [1.82, 2.24) is 10.2 Å². The number of anilines is 1. The highest BCUT2D eigenvalue weighted by atomic mass is 79.9. The third-order valence-corrected chi connectivity index (χ3v) is 4.33. The van der Waals surface area contributed by atoms with Crippen molar-refractivity contribution in [3.63, 3.8) is 0 Å². The van der Waals surface area contributed by atoms with Crippen LogP contribution in [0.15, 0.2) is 31.6 Å². The van der Waals surface area contributed by atoms with Gasteiger partial charge in [0.15, 0.2) is 9.01 Å². The van der Waals surface area contributed by atoms with Gasteiger partial charge in [0.2, 0.25) is 11.0 Å². The Labute approximate surface area is 135 Å². The number of aromatic nitrogens is 2. The molecule has 0 aliphatic carbocycles. The highest BCUT2D eigenvalue weighted by molar-refractivity contribution is 9.10. The number of aliphatic carboxylic acids is 1. The number of amides is 1. The fourth-order valence-electron chi connectivity index (χ4n) is 1.16. The summed E-state index contributed by atoms with van der Waals surface area (Å²) < 4.78 is 6.26. The molecule has 10 heteroatoms. The Morgan fingerprint density at radius 3 is 2.95 bits per heavy atom. The Morgan fingerprint density at radius 1 is 1.48 bits per heavy atom. The average Bonchev–Trinajstić information content (AvgIpc) is 3.03. The van der Waals surface area contributed by atoms with Crippen LogP contribution in [0.2, 0.25) is 0 Å². The van der Waals surface area contributed by atoms with Crippen LogP contribution in [0.1, 0.15) is 5.76 Å². The minimum atomic E-state index is -0.937. The molecule has 0 fully saturated rings. The number of halogens is 1. The summed E-state index contributed by atoms with van der Waals surface area (Å²) in [6.07, 6.45) is 2.82. The van der Waals surface area contributed by atoms with Crippen LogP contribution < -0.4 is 5.32 Å². The zero-order valence-electron chi connectivity index (χ0n) is 10.3. The maximum atomic E-state index is 11.7. The lowest BCUT2D eigenvalue weighted by molar-refractivity contribution is -0.133. The van der Waals surface area contributed by atoms with E-state index in [1.165, 1.54) is 12.2 Å². The molecule has 0 bridgehead atoms. The van der Waals surface area contributed by atoms with Gasteiger partial charge in [0, 0.05) is 6.08 Å². The zero-order valence-corrected chi connectivity index (χ0v) is 13.5. The van der Waals surface area contributed by atoms with Gasteiger partial charge in [-0.1, -0.05) is 23.1 Å². The van der Waals surface area contributed by atoms with Gasteiger partial charge in [-0.3, -0.25) is 14.9 Å². The number of hydrogen-bond acceptors (Lipinski definition) is 7. The van der Waals surface area contributed by atoms with Crippen molar-refractivity contribution >= 4 is 62.1 Å². The number of carbonyl (C=O) groups excluding carboxylic acids is 1. The number of nitrogens with zero attached hydrogens (tertiary/aromatic N) is 2. The van der Waals surface area contributed by atoms with Gasteiger partial charge >= 0.3 is 5.97 Å². The second kappa shape index (κ2) is 7.38. The molecule has 0 aromatic carbocycles. The number of carbonyl (C=O) groups is 2. The van der Waals surface area contributed by atoms with E-state index in [4.69, 9.17) is 9.52 Å². The van der Waals surface area contributed by atoms with E-state index in [2.05, 4.69) is 31.4 Å². The molecule has 2 N–H and O–H groups in total. The van der Waals surface area contributed by atoms with Crippen LogP contribution in [0, 0.1) is 0 Å². The van der Waals surface area contributed by atoms with Crippen molar-refractivity contribution in [1.29, 1.82) is 0 Å². The molecule has 0 radical (unpaired) electrons. The van der Waals surface area contributed by atoms with E-state index in [1.807, 2.05) is 0 Å². The fourth-order valence-corrected chi connectivity index (χ4v) is 2.96. The van der Waals surface area contributed by atoms with E-state index < -0.39 is 5.97 Å². The highest BCUT2D eigenvalue weighted by Crippen LogP contribution is 2.25. The maximum absolute atomic E-state index is 11.7. The SMILES string of the molecule is O=C(O)CSc1nnc(NC(=O)C=Cc2ccc(Br)o2)s1. The Balaban J connectivity index is 1.87. The molecule has 0 spiro atoms. The topological polar surface area (TPSA) is 105 Å². The standard InChI is InChI=1S/C11H8BrN3O4S2/c12-7-3-1-6(19-7)2-4-8(16)13-10-14-15-11(21-10)20-5-9(17)18/h1-4H,5H2,(H,17,18)(H,13,14,16). The minimum absolute atomic E-state index is 0.101. The van der Waals surface area contributed by atoms with E-state index in [1.54, 1.807) is 12.1 Å². The van der Waals surface area contributed by atoms with Gasteiger partial charge in [0.25, 0.3) is 0 Å². The molecule has 2 aromatic rings. The Hall–Kier alpha value is -1.65. The van der Waals surface area contributed by atoms with Gasteiger partial charge in [-0.15, -0.1) is 10.2 Å². The zero-order chi connectivity index (χ0) is 15.2. The fraction of sp³-hybridized carbons (Fsp3) is 0.0909. The van der Waals surface area contributed by atoms with Gasteiger partial charge in [0.05, 0.1) is 5.75 Å². The lowest BCUT2D eigenvalue weighted by Gasteiger charge is -1.93. The largest absolute Gasteiger partial charge is 0.481 e. The smallest absolute Gasteiger partial charge is 0.313 e. The molecular weight excluding hydrogens is 382 g/mol. The summed E-state index contributed by atoms with van der Waals surface area (Å²) in [4.78, 5) is 22.1. The van der Waals surface area contributed by atoms with Crippen molar-refractivity contribution in [2.75, 3.05) is 11.1 Å². The monoisotopic (exact) mass is 389 g/mol. The summed E-state index contributed by atoms with van der Waals surface area (Å²) in [5, 5.41) is 18.9. The first-order valence-corrected chi connectivity index (χ1v) is 8.05. The number of rotatable bonds is 6. The second-order valence-corrected chi connectivity index (χ2v) is 6.50. The number of carboxylic acid groups (broad SMARTS) is 1. The molecule has 2 heterocycles. The lowest BCUT2D eigenvalue weighted by Crippen LogP contribution is -2.07. The summed E-state index contributed by atoms with van der Waals surface area (Å²) in [5.41, 5.74) is 0. The van der Waals surface area contributed by atoms with Crippen molar-refractivity contribution in [2.45, 2.75) is 4.34 Å². The summed E-state index contributed by atoms with van der Waals surface area (Å²) >= 11 is 5.31. The molecule has 0 saturated heterocycles. The highest BCUT2D eigenvalue weighted by Gasteiger charge is 2.08. The van der Waals surface area contributed by atoms with Crippen LogP contribution in [0.4, 0.5) is 5.13 Å². The number of carboxylic acids is 1. The first-order valence-electron chi connectivity index (χ1n) is 5.45. The average molecular weight is 390 g/mol. The third kappa shape index (κ3) is 5.33. The number of thioether (sulfide) groups is 1. The Kier molecular flexibility index (Phi) is 5.53. The lowest BCUT2D eigenvalue weighted by atomic mass is 10.4. The normalized spacial score (nSPS) is 10.9. The van der Waals surface area contributed by atoms with Gasteiger partial charge in [0.1, 0.15) is 5.76 Å². The van der Waals surface area contributed by atoms with Crippen LogP contribution in [-0.2, 0) is 9.59 Å². The van der Waals surface area contributed by atoms with Crippen LogP contribution in [-0.4, -0.2) is 32.9 Å². The van der Waals surface area contributed by atoms with E-state index in [-0.39, 0.29) is 11.7 Å². The molecule has 110 valence electrons. The minimum Gasteiger partial charge on any atom is -0.481 e. The Bertz CT molecular complexity index is 683. The van der Waals surface area contributed by atoms with Gasteiger partial charge in [-0.25, -0.2) is 0 Å². The third-order valence-electron chi connectivity index (χ3n) is 1.95. The molecule has 2 rings (SSSR count). The summed E-state index contributed by atoms with van der Waals surface area (Å²) in [6.45, 7) is 0. The maximum Gasteiger partial charge on any atom is 0.313 e. The second-order valence-electron chi connectivity index (χ2n) is 3.52. The van der Waals surface area contributed by atoms with E-state index in [0.717, 1.165) is 23.1 Å². The molecule has 0 aliphatic heterocycles.